The van der Waals surface area contributed by atoms with Crippen molar-refractivity contribution in [1.82, 2.24) is 16.0 Å². The lowest BCUT2D eigenvalue weighted by molar-refractivity contribution is -0.143. The van der Waals surface area contributed by atoms with Gasteiger partial charge in [-0.1, -0.05) is 82.3 Å². The number of carbonyl (C=O) groups is 5. The topological polar surface area (TPSA) is 169 Å². The smallest absolute Gasteiger partial charge is 0.408 e. The summed E-state index contributed by atoms with van der Waals surface area (Å²) in [5.74, 6) is -2.62. The Morgan fingerprint density at radius 2 is 1.23 bits per heavy atom. The fourth-order valence-electron chi connectivity index (χ4n) is 2.90. The molecule has 2 atom stereocenters. The number of carbonyl (C=O) groups excluding carboxylic acids is 4. The molecule has 14 heteroatoms. The van der Waals surface area contributed by atoms with Gasteiger partial charge in [0.1, 0.15) is 31.8 Å². The fourth-order valence-corrected chi connectivity index (χ4v) is 5.22. The number of carboxylic acids is 1. The van der Waals surface area contributed by atoms with Crippen LogP contribution in [0.4, 0.5) is 9.59 Å². The molecule has 2 aromatic rings. The lowest BCUT2D eigenvalue weighted by atomic mass is 10.2. The van der Waals surface area contributed by atoms with Crippen molar-refractivity contribution in [2.45, 2.75) is 32.2 Å². The number of alkyl carbamates (subject to hydrolysis) is 2. The number of carboxylic acid groups (broad SMARTS) is 1. The average molecular weight is 594 g/mol. The number of esters is 1. The third-order valence-electron chi connectivity index (χ3n) is 4.89. The maximum atomic E-state index is 12.7. The van der Waals surface area contributed by atoms with Crippen LogP contribution in [0.15, 0.2) is 60.7 Å². The van der Waals surface area contributed by atoms with Crippen LogP contribution < -0.4 is 16.0 Å². The van der Waals surface area contributed by atoms with Gasteiger partial charge in [-0.2, -0.15) is 0 Å². The normalized spacial score (nSPS) is 11.8. The van der Waals surface area contributed by atoms with E-state index in [9.17, 15) is 29.1 Å². The van der Waals surface area contributed by atoms with Gasteiger partial charge in [0.15, 0.2) is 0 Å². The Kier molecular flexibility index (Phi) is 14.9. The second-order valence-corrected chi connectivity index (χ2v) is 10.5. The Morgan fingerprint density at radius 3 is 1.70 bits per heavy atom. The van der Waals surface area contributed by atoms with E-state index in [2.05, 4.69) is 16.0 Å². The van der Waals surface area contributed by atoms with Crippen LogP contribution in [-0.2, 0) is 41.8 Å². The molecule has 0 fully saturated rings. The van der Waals surface area contributed by atoms with Crippen LogP contribution in [0.3, 0.4) is 0 Å². The van der Waals surface area contributed by atoms with Crippen LogP contribution in [0.25, 0.3) is 0 Å². The van der Waals surface area contributed by atoms with Crippen LogP contribution in [0, 0.1) is 0 Å². The summed E-state index contributed by atoms with van der Waals surface area (Å²) in [7, 11) is 2.15. The summed E-state index contributed by atoms with van der Waals surface area (Å²) in [6.45, 7) is 1.35. The summed E-state index contributed by atoms with van der Waals surface area (Å²) < 4.78 is 15.0. The largest absolute Gasteiger partial charge is 0.480 e. The van der Waals surface area contributed by atoms with Gasteiger partial charge in [0, 0.05) is 11.5 Å². The van der Waals surface area contributed by atoms with E-state index in [0.29, 0.717) is 0 Å². The molecule has 0 saturated heterocycles. The van der Waals surface area contributed by atoms with Crippen LogP contribution in [0.2, 0.25) is 0 Å². The van der Waals surface area contributed by atoms with E-state index in [1.165, 1.54) is 0 Å². The Balaban J connectivity index is 1.85. The molecule has 0 aromatic heterocycles. The Morgan fingerprint density at radius 1 is 0.750 bits per heavy atom. The van der Waals surface area contributed by atoms with Crippen molar-refractivity contribution in [3.63, 3.8) is 0 Å². The van der Waals surface area contributed by atoms with Gasteiger partial charge >= 0.3 is 24.1 Å². The molecule has 3 amide bonds. The SMILES string of the molecule is CCOC(=O)CNC(=O)C(CSSCC(NC(=O)OCc1ccccc1)C(=O)O)NC(=O)OCc1ccccc1. The van der Waals surface area contributed by atoms with Crippen molar-refractivity contribution in [2.75, 3.05) is 24.7 Å². The molecule has 12 nitrogen and oxygen atoms in total. The first-order valence-electron chi connectivity index (χ1n) is 12.1. The van der Waals surface area contributed by atoms with Crippen molar-refractivity contribution < 1.29 is 43.3 Å². The number of amides is 3. The standard InChI is InChI=1S/C26H31N3O9S2/c1-2-36-22(30)13-27-23(31)20(28-25(34)37-14-18-9-5-3-6-10-18)16-39-40-17-21(24(32)33)29-26(35)38-15-19-11-7-4-8-12-19/h3-12,20-21H,2,13-17H2,1H3,(H,27,31)(H,28,34)(H,29,35)(H,32,33). The molecule has 0 aliphatic carbocycles. The van der Waals surface area contributed by atoms with E-state index in [-0.39, 0.29) is 31.3 Å². The molecule has 0 radical (unpaired) electrons. The number of benzene rings is 2. The highest BCUT2D eigenvalue weighted by Crippen LogP contribution is 2.23. The van der Waals surface area contributed by atoms with Crippen molar-refractivity contribution in [3.05, 3.63) is 71.8 Å². The van der Waals surface area contributed by atoms with Crippen molar-refractivity contribution in [2.24, 2.45) is 0 Å². The molecule has 0 heterocycles. The molecule has 2 aromatic carbocycles. The molecule has 0 bridgehead atoms. The van der Waals surface area contributed by atoms with Crippen LogP contribution in [-0.4, -0.2) is 71.9 Å². The van der Waals surface area contributed by atoms with Gasteiger partial charge in [-0.05, 0) is 18.1 Å². The first kappa shape index (κ1) is 32.3. The number of nitrogens with one attached hydrogen (secondary N) is 3. The first-order chi connectivity index (χ1) is 19.3. The summed E-state index contributed by atoms with van der Waals surface area (Å²) in [6.07, 6.45) is -1.74. The fraction of sp³-hybridized carbons (Fsp3) is 0.346. The molecular weight excluding hydrogens is 562 g/mol. The molecule has 2 rings (SSSR count). The highest BCUT2D eigenvalue weighted by atomic mass is 33.1. The lowest BCUT2D eigenvalue weighted by Crippen LogP contribution is -2.49. The molecule has 0 aliphatic heterocycles. The van der Waals surface area contributed by atoms with Crippen molar-refractivity contribution in [1.29, 1.82) is 0 Å². The summed E-state index contributed by atoms with van der Waals surface area (Å²) >= 11 is 0. The Labute approximate surface area is 239 Å². The monoisotopic (exact) mass is 593 g/mol. The summed E-state index contributed by atoms with van der Waals surface area (Å²) in [4.78, 5) is 60.3. The molecular formula is C26H31N3O9S2. The molecule has 0 spiro atoms. The van der Waals surface area contributed by atoms with E-state index in [1.807, 2.05) is 12.1 Å². The molecule has 40 heavy (non-hydrogen) atoms. The molecule has 216 valence electrons. The number of rotatable bonds is 16. The minimum Gasteiger partial charge on any atom is -0.480 e. The predicted octanol–water partition coefficient (Wildman–Crippen LogP) is 2.72. The summed E-state index contributed by atoms with van der Waals surface area (Å²) in [5.41, 5.74) is 1.50. The third-order valence-corrected chi connectivity index (χ3v) is 7.31. The number of hydrogen-bond acceptors (Lipinski definition) is 10. The zero-order valence-electron chi connectivity index (χ0n) is 21.7. The molecule has 4 N–H and O–H groups in total. The second-order valence-electron chi connectivity index (χ2n) is 7.95. The molecule has 0 saturated carbocycles. The van der Waals surface area contributed by atoms with Crippen molar-refractivity contribution in [3.8, 4) is 0 Å². The van der Waals surface area contributed by atoms with Gasteiger partial charge in [0.05, 0.1) is 6.61 Å². The van der Waals surface area contributed by atoms with E-state index in [4.69, 9.17) is 14.2 Å². The number of hydrogen-bond donors (Lipinski definition) is 4. The van der Waals surface area contributed by atoms with E-state index in [0.717, 1.165) is 32.7 Å². The first-order valence-corrected chi connectivity index (χ1v) is 14.6. The average Bonchev–Trinajstić information content (AvgIpc) is 2.95. The maximum absolute atomic E-state index is 12.7. The zero-order valence-corrected chi connectivity index (χ0v) is 23.3. The van der Waals surface area contributed by atoms with E-state index < -0.39 is 48.7 Å². The van der Waals surface area contributed by atoms with Gasteiger partial charge in [0.25, 0.3) is 0 Å². The van der Waals surface area contributed by atoms with Crippen molar-refractivity contribution >= 4 is 51.6 Å². The van der Waals surface area contributed by atoms with Crippen LogP contribution >= 0.6 is 21.6 Å². The minimum absolute atomic E-state index is 0.00452. The van der Waals surface area contributed by atoms with Gasteiger partial charge in [-0.3, -0.25) is 9.59 Å². The Hall–Kier alpha value is -3.91. The highest BCUT2D eigenvalue weighted by molar-refractivity contribution is 8.76. The maximum Gasteiger partial charge on any atom is 0.408 e. The van der Waals surface area contributed by atoms with E-state index >= 15 is 0 Å². The van der Waals surface area contributed by atoms with Crippen LogP contribution in [0.1, 0.15) is 18.1 Å². The summed E-state index contributed by atoms with van der Waals surface area (Å²) in [5, 5.41) is 16.6. The summed E-state index contributed by atoms with van der Waals surface area (Å²) in [6, 6.07) is 15.5. The molecule has 0 aliphatic rings. The van der Waals surface area contributed by atoms with Crippen LogP contribution in [0.5, 0.6) is 0 Å². The Bertz CT molecular complexity index is 1110. The third kappa shape index (κ3) is 13.2. The second kappa shape index (κ2) is 18.4. The van der Waals surface area contributed by atoms with Gasteiger partial charge in [-0.15, -0.1) is 0 Å². The minimum atomic E-state index is -1.27. The highest BCUT2D eigenvalue weighted by Gasteiger charge is 2.25. The van der Waals surface area contributed by atoms with E-state index in [1.54, 1.807) is 55.5 Å². The lowest BCUT2D eigenvalue weighted by Gasteiger charge is -2.18. The molecule has 2 unspecified atom stereocenters. The van der Waals surface area contributed by atoms with Gasteiger partial charge in [-0.25, -0.2) is 14.4 Å². The quantitative estimate of drug-likeness (QED) is 0.0977. The number of aliphatic carboxylic acids is 1. The van der Waals surface area contributed by atoms with Gasteiger partial charge < -0.3 is 35.3 Å². The number of ether oxygens (including phenoxy) is 3. The predicted molar refractivity (Wildman–Crippen MR) is 149 cm³/mol. The zero-order chi connectivity index (χ0) is 29.2. The van der Waals surface area contributed by atoms with Gasteiger partial charge in [0.2, 0.25) is 5.91 Å².